The van der Waals surface area contributed by atoms with E-state index in [1.165, 1.54) is 5.01 Å². The van der Waals surface area contributed by atoms with Gasteiger partial charge in [-0.2, -0.15) is 10.1 Å². The number of amidine groups is 1. The highest BCUT2D eigenvalue weighted by molar-refractivity contribution is 5.99. The minimum atomic E-state index is -0.364. The van der Waals surface area contributed by atoms with Crippen LogP contribution in [0, 0.1) is 0 Å². The van der Waals surface area contributed by atoms with Gasteiger partial charge in [-0.15, -0.1) is 0 Å². The van der Waals surface area contributed by atoms with E-state index in [1.807, 2.05) is 12.1 Å². The van der Waals surface area contributed by atoms with Crippen LogP contribution in [-0.4, -0.2) is 58.9 Å². The number of carbonyl (C=O) groups is 1. The van der Waals surface area contributed by atoms with Crippen molar-refractivity contribution >= 4 is 24.1 Å². The van der Waals surface area contributed by atoms with Crippen molar-refractivity contribution in [1.29, 1.82) is 0 Å². The number of carbonyl (C=O) groups excluding carboxylic acids is 1. The first kappa shape index (κ1) is 21.8. The average Bonchev–Trinajstić information content (AvgIpc) is 3.52. The summed E-state index contributed by atoms with van der Waals surface area (Å²) in [5, 5.41) is 24.8. The van der Waals surface area contributed by atoms with Crippen molar-refractivity contribution < 1.29 is 14.6 Å². The first-order valence-corrected chi connectivity index (χ1v) is 10.8. The molecule has 170 valence electrons. The molecule has 1 amide bonds. The number of hydrogen-bond acceptors (Lipinski definition) is 8. The molecule has 10 heteroatoms. The predicted octanol–water partition coefficient (Wildman–Crippen LogP) is 1.69. The molecule has 0 saturated heterocycles. The molecular weight excluding hydrogens is 410 g/mol. The summed E-state index contributed by atoms with van der Waals surface area (Å²) in [4.78, 5) is 21.5. The number of pyridine rings is 1. The van der Waals surface area contributed by atoms with E-state index in [4.69, 9.17) is 4.74 Å². The summed E-state index contributed by atoms with van der Waals surface area (Å²) in [6.07, 6.45) is 7.37. The highest BCUT2D eigenvalue weighted by Gasteiger charge is 2.29. The number of aromatic nitrogens is 1. The van der Waals surface area contributed by atoms with E-state index in [2.05, 4.69) is 37.7 Å². The molecule has 2 saturated carbocycles. The molecule has 2 atom stereocenters. The zero-order valence-corrected chi connectivity index (χ0v) is 18.3. The zero-order valence-electron chi connectivity index (χ0n) is 18.3. The van der Waals surface area contributed by atoms with Gasteiger partial charge in [0, 0.05) is 32.1 Å². The molecule has 32 heavy (non-hydrogen) atoms. The number of hydrogen-bond donors (Lipinski definition) is 4. The average molecular weight is 440 g/mol. The highest BCUT2D eigenvalue weighted by Crippen LogP contribution is 2.31. The van der Waals surface area contributed by atoms with Gasteiger partial charge in [0.25, 0.3) is 5.91 Å². The van der Waals surface area contributed by atoms with Crippen LogP contribution in [0.1, 0.15) is 39.0 Å². The van der Waals surface area contributed by atoms with Gasteiger partial charge in [0.15, 0.2) is 5.84 Å². The maximum absolute atomic E-state index is 12.9. The molecule has 1 aromatic heterocycles. The Morgan fingerprint density at radius 1 is 1.38 bits per heavy atom. The Balaban J connectivity index is 1.57. The molecule has 4 N–H and O–H groups in total. The third-order valence-corrected chi connectivity index (χ3v) is 5.60. The third kappa shape index (κ3) is 4.91. The number of anilines is 1. The lowest BCUT2D eigenvalue weighted by molar-refractivity contribution is -0.118. The van der Waals surface area contributed by atoms with Crippen molar-refractivity contribution in [1.82, 2.24) is 20.6 Å². The van der Waals surface area contributed by atoms with E-state index < -0.39 is 0 Å². The first-order valence-electron chi connectivity index (χ1n) is 10.8. The van der Waals surface area contributed by atoms with Crippen LogP contribution in [0.25, 0.3) is 0 Å². The van der Waals surface area contributed by atoms with E-state index in [0.29, 0.717) is 47.5 Å². The number of aliphatic hydroxyl groups excluding tert-OH is 1. The summed E-state index contributed by atoms with van der Waals surface area (Å²) >= 11 is 0. The number of hydrazone groups is 1. The molecule has 0 radical (unpaired) electrons. The van der Waals surface area contributed by atoms with Crippen molar-refractivity contribution in [3.8, 4) is 5.88 Å². The number of aliphatic hydroxyl groups is 1. The van der Waals surface area contributed by atoms with E-state index in [0.717, 1.165) is 19.3 Å². The Kier molecular flexibility index (Phi) is 6.40. The minimum Gasteiger partial charge on any atom is -0.473 e. The van der Waals surface area contributed by atoms with Gasteiger partial charge in [-0.1, -0.05) is 0 Å². The first-order chi connectivity index (χ1) is 15.5. The second-order valence-electron chi connectivity index (χ2n) is 8.13. The maximum atomic E-state index is 12.9. The normalized spacial score (nSPS) is 25.7. The molecule has 10 nitrogen and oxygen atoms in total. The van der Waals surface area contributed by atoms with Crippen LogP contribution in [0.2, 0.25) is 0 Å². The van der Waals surface area contributed by atoms with Crippen molar-refractivity contribution in [3.05, 3.63) is 41.6 Å². The zero-order chi connectivity index (χ0) is 22.7. The van der Waals surface area contributed by atoms with Gasteiger partial charge in [-0.05, 0) is 51.2 Å². The van der Waals surface area contributed by atoms with Gasteiger partial charge < -0.3 is 25.8 Å². The Morgan fingerprint density at radius 2 is 2.19 bits per heavy atom. The van der Waals surface area contributed by atoms with Gasteiger partial charge in [0.2, 0.25) is 5.88 Å². The molecular formula is C22H29N7O3. The van der Waals surface area contributed by atoms with Crippen LogP contribution in [0.15, 0.2) is 51.7 Å². The number of amides is 1. The Labute approximate surface area is 187 Å². The molecule has 0 aromatic carbocycles. The fourth-order valence-electron chi connectivity index (χ4n) is 3.70. The molecule has 0 bridgehead atoms. The third-order valence-electron chi connectivity index (χ3n) is 5.60. The summed E-state index contributed by atoms with van der Waals surface area (Å²) < 4.78 is 5.89. The van der Waals surface area contributed by atoms with Crippen LogP contribution >= 0.6 is 0 Å². The molecule has 2 heterocycles. The van der Waals surface area contributed by atoms with E-state index >= 15 is 0 Å². The van der Waals surface area contributed by atoms with E-state index in [1.54, 1.807) is 26.2 Å². The monoisotopic (exact) mass is 439 g/mol. The predicted molar refractivity (Wildman–Crippen MR) is 122 cm³/mol. The Morgan fingerprint density at radius 3 is 2.84 bits per heavy atom. The van der Waals surface area contributed by atoms with Crippen LogP contribution in [0.3, 0.4) is 0 Å². The maximum Gasteiger partial charge on any atom is 0.250 e. The minimum absolute atomic E-state index is 0.0493. The van der Waals surface area contributed by atoms with Crippen molar-refractivity contribution in [3.63, 3.8) is 0 Å². The largest absolute Gasteiger partial charge is 0.473 e. The van der Waals surface area contributed by atoms with Crippen molar-refractivity contribution in [2.24, 2.45) is 10.1 Å². The number of aliphatic imine (C=N–C) groups is 1. The summed E-state index contributed by atoms with van der Waals surface area (Å²) in [7, 11) is 1.64. The van der Waals surface area contributed by atoms with Gasteiger partial charge in [-0.3, -0.25) is 9.79 Å². The van der Waals surface area contributed by atoms with E-state index in [-0.39, 0.29) is 24.2 Å². The molecule has 0 unspecified atom stereocenters. The lowest BCUT2D eigenvalue weighted by atomic mass is 10.2. The van der Waals surface area contributed by atoms with Crippen LogP contribution in [0.4, 0.5) is 5.69 Å². The number of nitrogens with one attached hydrogen (secondary N) is 3. The lowest BCUT2D eigenvalue weighted by Crippen LogP contribution is -2.42. The molecule has 1 aliphatic heterocycles. The van der Waals surface area contributed by atoms with Gasteiger partial charge in [-0.25, -0.2) is 4.98 Å². The molecule has 3 aliphatic rings. The van der Waals surface area contributed by atoms with Crippen LogP contribution < -0.4 is 20.7 Å². The van der Waals surface area contributed by atoms with E-state index in [9.17, 15) is 9.90 Å². The van der Waals surface area contributed by atoms with Gasteiger partial charge in [0.1, 0.15) is 23.4 Å². The summed E-state index contributed by atoms with van der Waals surface area (Å²) in [6, 6.07) is 3.65. The SMILES string of the molecule is C=NN1C(=NC)C=C(Nc2cccnc2OC2CC2)N/C1=C(/C)C(=O)N[C@H]1CC[C@H](O)C1. The number of rotatable bonds is 7. The lowest BCUT2D eigenvalue weighted by Gasteiger charge is -2.30. The molecule has 4 rings (SSSR count). The standard InChI is InChI=1S/C22H29N7O3/c1-13(21(31)26-14-6-7-15(30)11-14)20-28-18(12-19(23-2)29(20)24-3)27-17-5-4-10-25-22(17)32-16-8-9-16/h4-5,10,12,14-16,27-28,30H,3,6-9,11H2,1-2H3,(H,26,31)/b20-13+,23-19?/t14-,15-/m0/s1. The topological polar surface area (TPSA) is 123 Å². The fraction of sp³-hybridized carbons (Fsp3) is 0.455. The van der Waals surface area contributed by atoms with Gasteiger partial charge >= 0.3 is 0 Å². The summed E-state index contributed by atoms with van der Waals surface area (Å²) in [6.45, 7) is 5.34. The second-order valence-corrected chi connectivity index (χ2v) is 8.13. The van der Waals surface area contributed by atoms with Crippen LogP contribution in [-0.2, 0) is 4.79 Å². The summed E-state index contributed by atoms with van der Waals surface area (Å²) in [5.41, 5.74) is 1.13. The molecule has 2 aliphatic carbocycles. The summed E-state index contributed by atoms with van der Waals surface area (Å²) in [5.74, 6) is 1.83. The van der Waals surface area contributed by atoms with Crippen molar-refractivity contribution in [2.75, 3.05) is 12.4 Å². The van der Waals surface area contributed by atoms with Crippen molar-refractivity contribution in [2.45, 2.75) is 57.3 Å². The number of ether oxygens (including phenoxy) is 1. The molecule has 2 fully saturated rings. The molecule has 1 aromatic rings. The second kappa shape index (κ2) is 9.39. The van der Waals surface area contributed by atoms with Crippen LogP contribution in [0.5, 0.6) is 5.88 Å². The number of nitrogens with zero attached hydrogens (tertiary/aromatic N) is 4. The fourth-order valence-corrected chi connectivity index (χ4v) is 3.70. The molecule has 0 spiro atoms. The highest BCUT2D eigenvalue weighted by atomic mass is 16.5. The Bertz CT molecular complexity index is 983. The quantitative estimate of drug-likeness (QED) is 0.376. The van der Waals surface area contributed by atoms with Gasteiger partial charge in [0.05, 0.1) is 11.7 Å². The Hall–Kier alpha value is -3.40. The smallest absolute Gasteiger partial charge is 0.250 e.